The number of alkyl halides is 3. The lowest BCUT2D eigenvalue weighted by Crippen LogP contribution is -2.12. The van der Waals surface area contributed by atoms with E-state index in [9.17, 15) is 18.0 Å². The molecule has 0 spiro atoms. The molecule has 0 bridgehead atoms. The molecule has 0 aliphatic rings. The average Bonchev–Trinajstić information content (AvgIpc) is 2.27. The number of hydrogen-bond acceptors (Lipinski definition) is 3. The minimum atomic E-state index is -4.58. The third-order valence-electron chi connectivity index (χ3n) is 2.24. The Kier molecular flexibility index (Phi) is 4.72. The summed E-state index contributed by atoms with van der Waals surface area (Å²) >= 11 is 0. The summed E-state index contributed by atoms with van der Waals surface area (Å²) in [7, 11) is 0. The molecule has 0 radical (unpaired) electrons. The Balaban J connectivity index is 2.92. The molecule has 1 rings (SSSR count). The minimum Gasteiger partial charge on any atom is -0.493 e. The Morgan fingerprint density at radius 1 is 1.44 bits per heavy atom. The molecule has 1 N–H and O–H groups in total. The first-order chi connectivity index (χ1) is 8.34. The number of halogens is 3. The van der Waals surface area contributed by atoms with Crippen molar-refractivity contribution in [1.29, 1.82) is 0 Å². The van der Waals surface area contributed by atoms with Crippen LogP contribution < -0.4 is 4.74 Å². The molecule has 6 heteroatoms. The molecule has 1 unspecified atom stereocenters. The van der Waals surface area contributed by atoms with E-state index in [-0.39, 0.29) is 24.3 Å². The monoisotopic (exact) mass is 262 g/mol. The Morgan fingerprint density at radius 3 is 2.61 bits per heavy atom. The van der Waals surface area contributed by atoms with Crippen LogP contribution in [0.15, 0.2) is 18.2 Å². The van der Waals surface area contributed by atoms with Crippen molar-refractivity contribution in [3.63, 3.8) is 0 Å². The summed E-state index contributed by atoms with van der Waals surface area (Å²) < 4.78 is 43.1. The van der Waals surface area contributed by atoms with Gasteiger partial charge in [-0.25, -0.2) is 0 Å². The highest BCUT2D eigenvalue weighted by molar-refractivity contribution is 5.75. The summed E-state index contributed by atoms with van der Waals surface area (Å²) in [6.45, 7) is 1.49. The van der Waals surface area contributed by atoms with E-state index in [1.165, 1.54) is 13.0 Å². The first-order valence-electron chi connectivity index (χ1n) is 5.32. The lowest BCUT2D eigenvalue weighted by molar-refractivity contribution is -0.139. The highest BCUT2D eigenvalue weighted by Gasteiger charge is 2.34. The standard InChI is InChI=1S/C12H13F3O3/c1-8(17)4-5-18-11-3-2-9(7-16)6-10(11)12(13,14)15/h2-3,6-8,17H,4-5H2,1H3. The molecule has 1 aromatic rings. The lowest BCUT2D eigenvalue weighted by atomic mass is 10.1. The Labute approximate surface area is 102 Å². The number of aldehydes is 1. The summed E-state index contributed by atoms with van der Waals surface area (Å²) in [6.07, 6.45) is -4.66. The maximum Gasteiger partial charge on any atom is 0.419 e. The first kappa shape index (κ1) is 14.5. The third-order valence-corrected chi connectivity index (χ3v) is 2.24. The number of ether oxygens (including phenoxy) is 1. The van der Waals surface area contributed by atoms with E-state index in [4.69, 9.17) is 9.84 Å². The first-order valence-corrected chi connectivity index (χ1v) is 5.32. The van der Waals surface area contributed by atoms with Gasteiger partial charge in [0.15, 0.2) is 0 Å². The summed E-state index contributed by atoms with van der Waals surface area (Å²) in [4.78, 5) is 10.5. The summed E-state index contributed by atoms with van der Waals surface area (Å²) in [5, 5.41) is 8.99. The van der Waals surface area contributed by atoms with Gasteiger partial charge in [0.25, 0.3) is 0 Å². The van der Waals surface area contributed by atoms with Crippen molar-refractivity contribution >= 4 is 6.29 Å². The van der Waals surface area contributed by atoms with Gasteiger partial charge in [-0.2, -0.15) is 13.2 Å². The molecular weight excluding hydrogens is 249 g/mol. The van der Waals surface area contributed by atoms with Crippen LogP contribution in [0.3, 0.4) is 0 Å². The van der Waals surface area contributed by atoms with Gasteiger partial charge in [0.05, 0.1) is 18.3 Å². The highest BCUT2D eigenvalue weighted by atomic mass is 19.4. The van der Waals surface area contributed by atoms with Gasteiger partial charge in [0.2, 0.25) is 0 Å². The van der Waals surface area contributed by atoms with Crippen molar-refractivity contribution < 1.29 is 27.8 Å². The maximum atomic E-state index is 12.7. The van der Waals surface area contributed by atoms with Gasteiger partial charge in [-0.05, 0) is 25.1 Å². The smallest absolute Gasteiger partial charge is 0.419 e. The molecule has 3 nitrogen and oxygen atoms in total. The molecule has 0 heterocycles. The molecule has 0 amide bonds. The van der Waals surface area contributed by atoms with E-state index in [1.54, 1.807) is 0 Å². The lowest BCUT2D eigenvalue weighted by Gasteiger charge is -2.14. The van der Waals surface area contributed by atoms with Crippen molar-refractivity contribution in [2.24, 2.45) is 0 Å². The van der Waals surface area contributed by atoms with E-state index < -0.39 is 17.8 Å². The molecule has 18 heavy (non-hydrogen) atoms. The summed E-state index contributed by atoms with van der Waals surface area (Å²) in [5.74, 6) is -0.339. The number of hydrogen-bond donors (Lipinski definition) is 1. The Bertz CT molecular complexity index is 414. The summed E-state index contributed by atoms with van der Waals surface area (Å²) in [6, 6.07) is 3.10. The van der Waals surface area contributed by atoms with Crippen LogP contribution in [0.5, 0.6) is 5.75 Å². The SMILES string of the molecule is CC(O)CCOc1ccc(C=O)cc1C(F)(F)F. The molecule has 0 saturated carbocycles. The predicted octanol–water partition coefficient (Wildman–Crippen LogP) is 2.67. The fourth-order valence-electron chi connectivity index (χ4n) is 1.31. The largest absolute Gasteiger partial charge is 0.493 e. The predicted molar refractivity (Wildman–Crippen MR) is 58.6 cm³/mol. The van der Waals surface area contributed by atoms with Crippen LogP contribution in [0.1, 0.15) is 29.3 Å². The van der Waals surface area contributed by atoms with Gasteiger partial charge in [0, 0.05) is 12.0 Å². The number of carbonyl (C=O) groups is 1. The third kappa shape index (κ3) is 4.03. The zero-order valence-corrected chi connectivity index (χ0v) is 9.70. The number of carbonyl (C=O) groups excluding carboxylic acids is 1. The van der Waals surface area contributed by atoms with Crippen LogP contribution in [0, 0.1) is 0 Å². The highest BCUT2D eigenvalue weighted by Crippen LogP contribution is 2.36. The Morgan fingerprint density at radius 2 is 2.11 bits per heavy atom. The molecule has 0 fully saturated rings. The molecule has 0 aliphatic heterocycles. The maximum absolute atomic E-state index is 12.7. The number of rotatable bonds is 5. The average molecular weight is 262 g/mol. The molecule has 100 valence electrons. The molecule has 0 saturated heterocycles. The fraction of sp³-hybridized carbons (Fsp3) is 0.417. The second-order valence-corrected chi connectivity index (χ2v) is 3.86. The van der Waals surface area contributed by atoms with Crippen LogP contribution in [0.2, 0.25) is 0 Å². The van der Waals surface area contributed by atoms with Crippen LogP contribution in [0.4, 0.5) is 13.2 Å². The van der Waals surface area contributed by atoms with Crippen LogP contribution in [0.25, 0.3) is 0 Å². The number of benzene rings is 1. The topological polar surface area (TPSA) is 46.5 Å². The van der Waals surface area contributed by atoms with E-state index in [0.717, 1.165) is 12.1 Å². The van der Waals surface area contributed by atoms with Gasteiger partial charge in [0.1, 0.15) is 12.0 Å². The van der Waals surface area contributed by atoms with Crippen molar-refractivity contribution in [3.05, 3.63) is 29.3 Å². The summed E-state index contributed by atoms with van der Waals surface area (Å²) in [5.41, 5.74) is -1.05. The molecule has 1 atom stereocenters. The molecule has 0 aromatic heterocycles. The molecular formula is C12H13F3O3. The van der Waals surface area contributed by atoms with Gasteiger partial charge >= 0.3 is 6.18 Å². The fourth-order valence-corrected chi connectivity index (χ4v) is 1.31. The van der Waals surface area contributed by atoms with E-state index in [2.05, 4.69) is 0 Å². The zero-order chi connectivity index (χ0) is 13.8. The van der Waals surface area contributed by atoms with Gasteiger partial charge < -0.3 is 9.84 Å². The molecule has 0 aliphatic carbocycles. The van der Waals surface area contributed by atoms with Crippen molar-refractivity contribution in [1.82, 2.24) is 0 Å². The zero-order valence-electron chi connectivity index (χ0n) is 9.70. The Hall–Kier alpha value is -1.56. The second kappa shape index (κ2) is 5.86. The van der Waals surface area contributed by atoms with E-state index in [1.807, 2.05) is 0 Å². The van der Waals surface area contributed by atoms with Crippen LogP contribution in [-0.2, 0) is 6.18 Å². The van der Waals surface area contributed by atoms with E-state index >= 15 is 0 Å². The van der Waals surface area contributed by atoms with Crippen molar-refractivity contribution in [3.8, 4) is 5.75 Å². The normalized spacial score (nSPS) is 13.2. The van der Waals surface area contributed by atoms with Crippen molar-refractivity contribution in [2.75, 3.05) is 6.61 Å². The van der Waals surface area contributed by atoms with Gasteiger partial charge in [-0.15, -0.1) is 0 Å². The number of aliphatic hydroxyl groups excluding tert-OH is 1. The van der Waals surface area contributed by atoms with Crippen LogP contribution in [-0.4, -0.2) is 24.1 Å². The van der Waals surface area contributed by atoms with Gasteiger partial charge in [-0.3, -0.25) is 4.79 Å². The quantitative estimate of drug-likeness (QED) is 0.830. The van der Waals surface area contributed by atoms with E-state index in [0.29, 0.717) is 6.29 Å². The number of aliphatic hydroxyl groups is 1. The van der Waals surface area contributed by atoms with Gasteiger partial charge in [-0.1, -0.05) is 0 Å². The second-order valence-electron chi connectivity index (χ2n) is 3.86. The molecule has 1 aromatic carbocycles. The van der Waals surface area contributed by atoms with Crippen molar-refractivity contribution in [2.45, 2.75) is 25.6 Å². The minimum absolute atomic E-state index is 0.0266. The van der Waals surface area contributed by atoms with Crippen LogP contribution >= 0.6 is 0 Å².